The number of hydrogen-bond donors (Lipinski definition) is 0. The number of nitrogens with zero attached hydrogens (tertiary/aromatic N) is 5. The van der Waals surface area contributed by atoms with Crippen molar-refractivity contribution in [3.8, 4) is 11.5 Å². The maximum absolute atomic E-state index is 13.4. The summed E-state index contributed by atoms with van der Waals surface area (Å²) in [5, 5.41) is 4.41. The number of benzene rings is 1. The van der Waals surface area contributed by atoms with Gasteiger partial charge in [-0.1, -0.05) is 18.9 Å². The van der Waals surface area contributed by atoms with Gasteiger partial charge in [-0.2, -0.15) is 4.98 Å². The van der Waals surface area contributed by atoms with E-state index in [0.29, 0.717) is 12.3 Å². The van der Waals surface area contributed by atoms with Crippen LogP contribution < -0.4 is 9.47 Å². The number of aromatic nitrogens is 4. The number of ether oxygens (including phenoxy) is 2. The predicted octanol–water partition coefficient (Wildman–Crippen LogP) is 2.75. The molecule has 1 fully saturated rings. The number of rotatable bonds is 4. The minimum Gasteiger partial charge on any atom is -0.454 e. The van der Waals surface area contributed by atoms with Gasteiger partial charge in [0.15, 0.2) is 11.5 Å². The molecule has 0 atom stereocenters. The lowest BCUT2D eigenvalue weighted by atomic mass is 10.1. The van der Waals surface area contributed by atoms with Crippen LogP contribution in [0.5, 0.6) is 11.5 Å². The summed E-state index contributed by atoms with van der Waals surface area (Å²) in [7, 11) is 0. The molecule has 1 amide bonds. The molecule has 1 saturated carbocycles. The van der Waals surface area contributed by atoms with E-state index >= 15 is 0 Å². The normalized spacial score (nSPS) is 16.0. The molecule has 1 aliphatic carbocycles. The van der Waals surface area contributed by atoms with Gasteiger partial charge >= 0.3 is 0 Å². The summed E-state index contributed by atoms with van der Waals surface area (Å²) in [6, 6.07) is 7.85. The SMILES string of the molecule is Cc1ccnc2nc(C(=O)N(Cc3ccc4c(c3)OCO4)C3CCCC3)nn12. The van der Waals surface area contributed by atoms with E-state index < -0.39 is 0 Å². The third kappa shape index (κ3) is 2.94. The van der Waals surface area contributed by atoms with Gasteiger partial charge in [-0.15, -0.1) is 5.10 Å². The van der Waals surface area contributed by atoms with Crippen LogP contribution in [0, 0.1) is 6.92 Å². The van der Waals surface area contributed by atoms with E-state index in [1.165, 1.54) is 0 Å². The lowest BCUT2D eigenvalue weighted by Crippen LogP contribution is -2.39. The Morgan fingerprint density at radius 3 is 2.86 bits per heavy atom. The fourth-order valence-electron chi connectivity index (χ4n) is 3.94. The summed E-state index contributed by atoms with van der Waals surface area (Å²) in [4.78, 5) is 23.8. The van der Waals surface area contributed by atoms with E-state index in [9.17, 15) is 4.79 Å². The van der Waals surface area contributed by atoms with Crippen molar-refractivity contribution in [1.29, 1.82) is 0 Å². The fourth-order valence-corrected chi connectivity index (χ4v) is 3.94. The van der Waals surface area contributed by atoms with Gasteiger partial charge in [0.05, 0.1) is 0 Å². The number of hydrogen-bond acceptors (Lipinski definition) is 6. The molecule has 0 bridgehead atoms. The van der Waals surface area contributed by atoms with Crippen LogP contribution in [0.15, 0.2) is 30.5 Å². The monoisotopic (exact) mass is 379 g/mol. The van der Waals surface area contributed by atoms with Crippen molar-refractivity contribution in [3.63, 3.8) is 0 Å². The topological polar surface area (TPSA) is 81.9 Å². The quantitative estimate of drug-likeness (QED) is 0.693. The third-order valence-corrected chi connectivity index (χ3v) is 5.44. The molecular formula is C20H21N5O3. The first-order valence-corrected chi connectivity index (χ1v) is 9.57. The van der Waals surface area contributed by atoms with Crippen LogP contribution in [0.2, 0.25) is 0 Å². The molecule has 3 heterocycles. The van der Waals surface area contributed by atoms with Crippen molar-refractivity contribution in [1.82, 2.24) is 24.5 Å². The lowest BCUT2D eigenvalue weighted by molar-refractivity contribution is 0.0652. The smallest absolute Gasteiger partial charge is 0.294 e. The zero-order chi connectivity index (χ0) is 19.1. The van der Waals surface area contributed by atoms with Crippen LogP contribution in [0.4, 0.5) is 0 Å². The maximum atomic E-state index is 13.4. The Hall–Kier alpha value is -3.16. The molecule has 8 heteroatoms. The summed E-state index contributed by atoms with van der Waals surface area (Å²) in [6.45, 7) is 2.64. The minimum absolute atomic E-state index is 0.158. The lowest BCUT2D eigenvalue weighted by Gasteiger charge is -2.28. The average molecular weight is 379 g/mol. The van der Waals surface area contributed by atoms with Gasteiger partial charge in [-0.25, -0.2) is 9.50 Å². The standard InChI is InChI=1S/C20H21N5O3/c1-13-8-9-21-20-22-18(23-25(13)20)19(26)24(15-4-2-3-5-15)11-14-6-7-16-17(10-14)28-12-27-16/h6-10,15H,2-5,11-12H2,1H3. The van der Waals surface area contributed by atoms with Gasteiger partial charge in [0, 0.05) is 24.5 Å². The van der Waals surface area contributed by atoms with Crippen molar-refractivity contribution in [2.45, 2.75) is 45.2 Å². The molecule has 8 nitrogen and oxygen atoms in total. The van der Waals surface area contributed by atoms with Crippen molar-refractivity contribution >= 4 is 11.7 Å². The molecule has 3 aromatic rings. The van der Waals surface area contributed by atoms with Gasteiger partial charge in [0.2, 0.25) is 12.6 Å². The Kier molecular flexibility index (Phi) is 4.11. The Morgan fingerprint density at radius 1 is 1.21 bits per heavy atom. The second kappa shape index (κ2) is 6.78. The molecule has 5 rings (SSSR count). The molecule has 0 radical (unpaired) electrons. The number of aryl methyl sites for hydroxylation is 1. The van der Waals surface area contributed by atoms with Gasteiger partial charge in [0.25, 0.3) is 11.7 Å². The second-order valence-electron chi connectivity index (χ2n) is 7.29. The number of fused-ring (bicyclic) bond motifs is 2. The molecule has 0 spiro atoms. The van der Waals surface area contributed by atoms with E-state index in [4.69, 9.17) is 9.47 Å². The van der Waals surface area contributed by atoms with Gasteiger partial charge in [-0.05, 0) is 43.5 Å². The molecule has 2 aromatic heterocycles. The molecule has 1 aromatic carbocycles. The van der Waals surface area contributed by atoms with Crippen molar-refractivity contribution in [3.05, 3.63) is 47.5 Å². The molecule has 28 heavy (non-hydrogen) atoms. The highest BCUT2D eigenvalue weighted by Crippen LogP contribution is 2.34. The van der Waals surface area contributed by atoms with Crippen molar-refractivity contribution in [2.75, 3.05) is 6.79 Å². The first-order valence-electron chi connectivity index (χ1n) is 9.57. The first kappa shape index (κ1) is 17.0. The average Bonchev–Trinajstić information content (AvgIpc) is 3.45. The second-order valence-corrected chi connectivity index (χ2v) is 7.29. The molecular weight excluding hydrogens is 358 g/mol. The molecule has 144 valence electrons. The maximum Gasteiger partial charge on any atom is 0.294 e. The molecule has 1 aliphatic heterocycles. The van der Waals surface area contributed by atoms with Crippen LogP contribution in [0.25, 0.3) is 5.78 Å². The molecule has 0 saturated heterocycles. The summed E-state index contributed by atoms with van der Waals surface area (Å²) in [5.74, 6) is 1.94. The Bertz CT molecular complexity index is 1040. The number of amides is 1. The summed E-state index contributed by atoms with van der Waals surface area (Å²) in [5.41, 5.74) is 1.89. The van der Waals surface area contributed by atoms with Crippen LogP contribution in [0.1, 0.15) is 47.6 Å². The molecule has 0 N–H and O–H groups in total. The zero-order valence-electron chi connectivity index (χ0n) is 15.7. The largest absolute Gasteiger partial charge is 0.454 e. The van der Waals surface area contributed by atoms with Gasteiger partial charge in [-0.3, -0.25) is 4.79 Å². The van der Waals surface area contributed by atoms with E-state index in [2.05, 4.69) is 15.1 Å². The Balaban J connectivity index is 1.47. The Labute approximate surface area is 162 Å². The zero-order valence-corrected chi connectivity index (χ0v) is 15.7. The fraction of sp³-hybridized carbons (Fsp3) is 0.400. The third-order valence-electron chi connectivity index (χ3n) is 5.44. The van der Waals surface area contributed by atoms with E-state index in [0.717, 1.165) is 48.4 Å². The van der Waals surface area contributed by atoms with Crippen molar-refractivity contribution in [2.24, 2.45) is 0 Å². The minimum atomic E-state index is -0.158. The van der Waals surface area contributed by atoms with Gasteiger partial charge < -0.3 is 14.4 Å². The van der Waals surface area contributed by atoms with Crippen LogP contribution >= 0.6 is 0 Å². The highest BCUT2D eigenvalue weighted by atomic mass is 16.7. The highest BCUT2D eigenvalue weighted by molar-refractivity contribution is 5.91. The highest BCUT2D eigenvalue weighted by Gasteiger charge is 2.30. The van der Waals surface area contributed by atoms with E-state index in [1.807, 2.05) is 36.1 Å². The number of carbonyl (C=O) groups excluding carboxylic acids is 1. The van der Waals surface area contributed by atoms with Crippen LogP contribution in [-0.2, 0) is 6.54 Å². The predicted molar refractivity (Wildman–Crippen MR) is 100 cm³/mol. The van der Waals surface area contributed by atoms with Gasteiger partial charge in [0.1, 0.15) is 0 Å². The summed E-state index contributed by atoms with van der Waals surface area (Å²) >= 11 is 0. The van der Waals surface area contributed by atoms with E-state index in [-0.39, 0.29) is 24.6 Å². The molecule has 2 aliphatic rings. The first-order chi connectivity index (χ1) is 13.7. The van der Waals surface area contributed by atoms with Crippen LogP contribution in [-0.4, -0.2) is 43.2 Å². The van der Waals surface area contributed by atoms with Crippen molar-refractivity contribution < 1.29 is 14.3 Å². The van der Waals surface area contributed by atoms with E-state index in [1.54, 1.807) is 10.7 Å². The summed E-state index contributed by atoms with van der Waals surface area (Å²) < 4.78 is 12.5. The summed E-state index contributed by atoms with van der Waals surface area (Å²) in [6.07, 6.45) is 5.94. The number of carbonyl (C=O) groups is 1. The Morgan fingerprint density at radius 2 is 2.04 bits per heavy atom. The van der Waals surface area contributed by atoms with Crippen LogP contribution in [0.3, 0.4) is 0 Å². The molecule has 0 unspecified atom stereocenters.